The number of rotatable bonds is 6. The molecule has 1 fully saturated rings. The summed E-state index contributed by atoms with van der Waals surface area (Å²) in [5.41, 5.74) is 3.04. The molecule has 1 aliphatic rings. The molecule has 1 saturated heterocycles. The highest BCUT2D eigenvalue weighted by Crippen LogP contribution is 2.26. The standard InChI is InChI=1S/C23H29ClN2O2/c1-17-7-9-18(10-8-17)21(26-13-5-3-4-6-14-26)16-25-23(27)19-11-12-22(28-2)20(24)15-19/h7-12,15,21H,3-6,13-14,16H2,1-2H3,(H,25,27). The number of hydrogen-bond donors (Lipinski definition) is 1. The van der Waals surface area contributed by atoms with Crippen LogP contribution in [0.2, 0.25) is 5.02 Å². The van der Waals surface area contributed by atoms with Crippen molar-refractivity contribution in [3.63, 3.8) is 0 Å². The van der Waals surface area contributed by atoms with Crippen molar-refractivity contribution >= 4 is 17.5 Å². The van der Waals surface area contributed by atoms with Gasteiger partial charge < -0.3 is 10.1 Å². The van der Waals surface area contributed by atoms with Gasteiger partial charge in [-0.25, -0.2) is 0 Å². The first-order valence-corrected chi connectivity index (χ1v) is 10.4. The van der Waals surface area contributed by atoms with Gasteiger partial charge in [0.1, 0.15) is 5.75 Å². The lowest BCUT2D eigenvalue weighted by molar-refractivity contribution is 0.0933. The normalized spacial score (nSPS) is 16.2. The first-order valence-electron chi connectivity index (χ1n) is 10.0. The van der Waals surface area contributed by atoms with Gasteiger partial charge in [-0.05, 0) is 56.6 Å². The van der Waals surface area contributed by atoms with Crippen molar-refractivity contribution < 1.29 is 9.53 Å². The van der Waals surface area contributed by atoms with Crippen LogP contribution in [-0.4, -0.2) is 37.6 Å². The molecule has 1 atom stereocenters. The molecule has 5 heteroatoms. The zero-order valence-corrected chi connectivity index (χ0v) is 17.5. The second-order valence-electron chi connectivity index (χ2n) is 7.44. The van der Waals surface area contributed by atoms with E-state index in [0.29, 0.717) is 22.9 Å². The Morgan fingerprint density at radius 2 is 1.79 bits per heavy atom. The maximum atomic E-state index is 12.7. The van der Waals surface area contributed by atoms with Crippen LogP contribution < -0.4 is 10.1 Å². The molecule has 2 aromatic rings. The fourth-order valence-electron chi connectivity index (χ4n) is 3.75. The van der Waals surface area contributed by atoms with Crippen LogP contribution in [0.25, 0.3) is 0 Å². The van der Waals surface area contributed by atoms with Gasteiger partial charge in [0.05, 0.1) is 18.2 Å². The molecule has 4 nitrogen and oxygen atoms in total. The van der Waals surface area contributed by atoms with Crippen molar-refractivity contribution in [1.82, 2.24) is 10.2 Å². The molecule has 150 valence electrons. The molecule has 2 aromatic carbocycles. The molecule has 0 spiro atoms. The average molecular weight is 401 g/mol. The van der Waals surface area contributed by atoms with Gasteiger partial charge in [0.2, 0.25) is 0 Å². The van der Waals surface area contributed by atoms with Crippen LogP contribution in [0.1, 0.15) is 53.2 Å². The van der Waals surface area contributed by atoms with E-state index in [2.05, 4.69) is 41.4 Å². The van der Waals surface area contributed by atoms with Gasteiger partial charge in [-0.3, -0.25) is 9.69 Å². The topological polar surface area (TPSA) is 41.6 Å². The van der Waals surface area contributed by atoms with Crippen LogP contribution in [-0.2, 0) is 0 Å². The molecule has 1 aliphatic heterocycles. The summed E-state index contributed by atoms with van der Waals surface area (Å²) in [5.74, 6) is 0.455. The van der Waals surface area contributed by atoms with Gasteiger partial charge in [-0.2, -0.15) is 0 Å². The average Bonchev–Trinajstić information content (AvgIpc) is 2.98. The monoisotopic (exact) mass is 400 g/mol. The predicted octanol–water partition coefficient (Wildman–Crippen LogP) is 5.00. The lowest BCUT2D eigenvalue weighted by Gasteiger charge is -2.31. The highest BCUT2D eigenvalue weighted by molar-refractivity contribution is 6.32. The largest absolute Gasteiger partial charge is 0.495 e. The zero-order chi connectivity index (χ0) is 19.9. The Balaban J connectivity index is 1.74. The molecule has 0 saturated carbocycles. The van der Waals surface area contributed by atoms with E-state index in [9.17, 15) is 4.79 Å². The molecule has 1 heterocycles. The van der Waals surface area contributed by atoms with Crippen molar-refractivity contribution in [2.24, 2.45) is 0 Å². The van der Waals surface area contributed by atoms with Crippen LogP contribution in [0.3, 0.4) is 0 Å². The quantitative estimate of drug-likeness (QED) is 0.741. The summed E-state index contributed by atoms with van der Waals surface area (Å²) in [6.07, 6.45) is 5.00. The Labute approximate surface area is 172 Å². The lowest BCUT2D eigenvalue weighted by Crippen LogP contribution is -2.38. The van der Waals surface area contributed by atoms with E-state index >= 15 is 0 Å². The van der Waals surface area contributed by atoms with E-state index in [1.807, 2.05) is 0 Å². The minimum Gasteiger partial charge on any atom is -0.495 e. The third-order valence-corrected chi connectivity index (χ3v) is 5.71. The van der Waals surface area contributed by atoms with Gasteiger partial charge in [-0.15, -0.1) is 0 Å². The van der Waals surface area contributed by atoms with Crippen LogP contribution in [0.5, 0.6) is 5.75 Å². The summed E-state index contributed by atoms with van der Waals surface area (Å²) in [6.45, 7) is 4.82. The molecule has 0 aliphatic carbocycles. The number of aryl methyl sites for hydroxylation is 1. The minimum atomic E-state index is -0.114. The Morgan fingerprint density at radius 1 is 1.11 bits per heavy atom. The number of amides is 1. The number of halogens is 1. The van der Waals surface area contributed by atoms with Gasteiger partial charge in [-0.1, -0.05) is 54.3 Å². The molecule has 0 aromatic heterocycles. The number of carbonyl (C=O) groups is 1. The van der Waals surface area contributed by atoms with Crippen molar-refractivity contribution in [2.75, 3.05) is 26.7 Å². The Morgan fingerprint density at radius 3 is 2.39 bits per heavy atom. The molecule has 28 heavy (non-hydrogen) atoms. The maximum Gasteiger partial charge on any atom is 0.251 e. The molecule has 1 amide bonds. The predicted molar refractivity (Wildman–Crippen MR) is 114 cm³/mol. The van der Waals surface area contributed by atoms with Gasteiger partial charge in [0.25, 0.3) is 5.91 Å². The zero-order valence-electron chi connectivity index (χ0n) is 16.7. The second-order valence-corrected chi connectivity index (χ2v) is 7.84. The number of ether oxygens (including phenoxy) is 1. The van der Waals surface area contributed by atoms with E-state index in [1.165, 1.54) is 36.8 Å². The Bertz CT molecular complexity index is 784. The summed E-state index contributed by atoms with van der Waals surface area (Å²) < 4.78 is 5.17. The second kappa shape index (κ2) is 9.94. The number of carbonyl (C=O) groups excluding carboxylic acids is 1. The lowest BCUT2D eigenvalue weighted by atomic mass is 10.0. The first-order chi connectivity index (χ1) is 13.6. The smallest absolute Gasteiger partial charge is 0.251 e. The van der Waals surface area contributed by atoms with Crippen molar-refractivity contribution in [3.05, 3.63) is 64.2 Å². The van der Waals surface area contributed by atoms with Crippen molar-refractivity contribution in [3.8, 4) is 5.75 Å². The molecular formula is C23H29ClN2O2. The fraction of sp³-hybridized carbons (Fsp3) is 0.435. The SMILES string of the molecule is COc1ccc(C(=O)NCC(c2ccc(C)cc2)N2CCCCCC2)cc1Cl. The molecule has 3 rings (SSSR count). The highest BCUT2D eigenvalue weighted by atomic mass is 35.5. The van der Waals surface area contributed by atoms with E-state index in [4.69, 9.17) is 16.3 Å². The van der Waals surface area contributed by atoms with Crippen molar-refractivity contribution in [2.45, 2.75) is 38.6 Å². The minimum absolute atomic E-state index is 0.114. The number of likely N-dealkylation sites (tertiary alicyclic amines) is 1. The summed E-state index contributed by atoms with van der Waals surface area (Å²) in [4.78, 5) is 15.2. The van der Waals surface area contributed by atoms with Gasteiger partial charge >= 0.3 is 0 Å². The summed E-state index contributed by atoms with van der Waals surface area (Å²) in [7, 11) is 1.56. The van der Waals surface area contributed by atoms with Gasteiger partial charge in [0, 0.05) is 12.1 Å². The summed E-state index contributed by atoms with van der Waals surface area (Å²) in [5, 5.41) is 3.56. The third kappa shape index (κ3) is 5.27. The van der Waals surface area contributed by atoms with Crippen molar-refractivity contribution in [1.29, 1.82) is 0 Å². The molecule has 1 N–H and O–H groups in total. The molecular weight excluding hydrogens is 372 g/mol. The number of benzene rings is 2. The maximum absolute atomic E-state index is 12.7. The van der Waals surface area contributed by atoms with Crippen LogP contribution in [0, 0.1) is 6.92 Å². The third-order valence-electron chi connectivity index (χ3n) is 5.41. The molecule has 0 radical (unpaired) electrons. The number of nitrogens with zero attached hydrogens (tertiary/aromatic N) is 1. The fourth-order valence-corrected chi connectivity index (χ4v) is 4.01. The molecule has 0 bridgehead atoms. The molecule has 1 unspecified atom stereocenters. The van der Waals surface area contributed by atoms with Crippen LogP contribution >= 0.6 is 11.6 Å². The van der Waals surface area contributed by atoms with E-state index < -0.39 is 0 Å². The van der Waals surface area contributed by atoms with Gasteiger partial charge in [0.15, 0.2) is 0 Å². The first kappa shape index (κ1) is 20.7. The Hall–Kier alpha value is -2.04. The number of nitrogens with one attached hydrogen (secondary N) is 1. The van der Waals surface area contributed by atoms with E-state index in [0.717, 1.165) is 13.1 Å². The van der Waals surface area contributed by atoms with E-state index in [1.54, 1.807) is 25.3 Å². The summed E-state index contributed by atoms with van der Waals surface area (Å²) in [6, 6.07) is 14.0. The number of methoxy groups -OCH3 is 1. The van der Waals surface area contributed by atoms with E-state index in [-0.39, 0.29) is 11.9 Å². The van der Waals surface area contributed by atoms with Crippen LogP contribution in [0.15, 0.2) is 42.5 Å². The van der Waals surface area contributed by atoms with Crippen LogP contribution in [0.4, 0.5) is 0 Å². The highest BCUT2D eigenvalue weighted by Gasteiger charge is 2.22. The Kier molecular flexibility index (Phi) is 7.35. The number of hydrogen-bond acceptors (Lipinski definition) is 3. The summed E-state index contributed by atoms with van der Waals surface area (Å²) >= 11 is 6.17.